The van der Waals surface area contributed by atoms with Crippen LogP contribution in [0.1, 0.15) is 37.8 Å². The zero-order valence-corrected chi connectivity index (χ0v) is 17.0. The first-order valence-corrected chi connectivity index (χ1v) is 10.7. The first-order valence-electron chi connectivity index (χ1n) is 9.78. The van der Waals surface area contributed by atoms with Crippen LogP contribution in [0.15, 0.2) is 71.8 Å². The average molecular weight is 417 g/mol. The Kier molecular flexibility index (Phi) is 4.80. The number of carbonyl (C=O) groups is 2. The van der Waals surface area contributed by atoms with E-state index in [1.54, 1.807) is 6.20 Å². The van der Waals surface area contributed by atoms with Crippen LogP contribution >= 0.6 is 11.3 Å². The minimum Gasteiger partial charge on any atom is -0.348 e. The molecule has 4 aromatic rings. The van der Waals surface area contributed by atoms with E-state index in [0.29, 0.717) is 18.0 Å². The Morgan fingerprint density at radius 1 is 1.07 bits per heavy atom. The Bertz CT molecular complexity index is 1190. The van der Waals surface area contributed by atoms with Crippen molar-refractivity contribution in [3.63, 3.8) is 0 Å². The first kappa shape index (κ1) is 18.6. The summed E-state index contributed by atoms with van der Waals surface area (Å²) >= 11 is 1.54. The van der Waals surface area contributed by atoms with Gasteiger partial charge in [-0.15, -0.1) is 0 Å². The van der Waals surface area contributed by atoms with Crippen LogP contribution in [0, 0.1) is 0 Å². The number of nitrogens with zero attached hydrogens (tertiary/aromatic N) is 3. The van der Waals surface area contributed by atoms with E-state index in [1.807, 2.05) is 74.9 Å². The van der Waals surface area contributed by atoms with Gasteiger partial charge in [0.1, 0.15) is 5.65 Å². The minimum absolute atomic E-state index is 0.0945. The van der Waals surface area contributed by atoms with Crippen molar-refractivity contribution in [3.8, 4) is 0 Å². The van der Waals surface area contributed by atoms with Gasteiger partial charge in [0.25, 0.3) is 11.8 Å². The second-order valence-electron chi connectivity index (χ2n) is 7.45. The third kappa shape index (κ3) is 3.59. The number of hydrogen-bond donors (Lipinski definition) is 1. The van der Waals surface area contributed by atoms with Crippen LogP contribution < -0.4 is 5.32 Å². The monoisotopic (exact) mass is 416 g/mol. The molecule has 6 nitrogen and oxygen atoms in total. The van der Waals surface area contributed by atoms with Gasteiger partial charge >= 0.3 is 0 Å². The number of rotatable bonds is 5. The summed E-state index contributed by atoms with van der Waals surface area (Å²) in [4.78, 5) is 30.9. The molecule has 0 atom stereocenters. The van der Waals surface area contributed by atoms with Gasteiger partial charge in [0.05, 0.1) is 5.56 Å². The largest absolute Gasteiger partial charge is 0.348 e. The van der Waals surface area contributed by atoms with Gasteiger partial charge in [-0.25, -0.2) is 4.98 Å². The van der Waals surface area contributed by atoms with E-state index in [2.05, 4.69) is 10.3 Å². The third-order valence-electron chi connectivity index (χ3n) is 5.50. The van der Waals surface area contributed by atoms with Crippen LogP contribution in [0.25, 0.3) is 5.65 Å². The second kappa shape index (κ2) is 7.76. The molecule has 0 radical (unpaired) electrons. The number of carbonyl (C=O) groups excluding carboxylic acids is 2. The molecule has 0 saturated carbocycles. The molecule has 3 aromatic heterocycles. The maximum atomic E-state index is 12.5. The lowest BCUT2D eigenvalue weighted by atomic mass is 9.90. The lowest BCUT2D eigenvalue weighted by molar-refractivity contribution is 0.0603. The van der Waals surface area contributed by atoms with E-state index in [9.17, 15) is 9.59 Å². The summed E-state index contributed by atoms with van der Waals surface area (Å²) < 4.78 is 1.93. The highest BCUT2D eigenvalue weighted by molar-refractivity contribution is 7.08. The van der Waals surface area contributed by atoms with E-state index < -0.39 is 0 Å². The zero-order valence-electron chi connectivity index (χ0n) is 16.2. The predicted molar refractivity (Wildman–Crippen MR) is 116 cm³/mol. The maximum Gasteiger partial charge on any atom is 0.254 e. The van der Waals surface area contributed by atoms with E-state index >= 15 is 0 Å². The highest BCUT2D eigenvalue weighted by atomic mass is 32.1. The Hall–Kier alpha value is -3.45. The van der Waals surface area contributed by atoms with Crippen LogP contribution in [-0.2, 0) is 6.54 Å². The molecule has 1 fully saturated rings. The first-order chi connectivity index (χ1) is 14.7. The summed E-state index contributed by atoms with van der Waals surface area (Å²) in [7, 11) is 0. The molecule has 0 aliphatic carbocycles. The molecule has 2 amide bonds. The van der Waals surface area contributed by atoms with Crippen molar-refractivity contribution in [1.29, 1.82) is 0 Å². The molecule has 1 aliphatic heterocycles. The van der Waals surface area contributed by atoms with Crippen LogP contribution in [0.4, 0.5) is 0 Å². The minimum atomic E-state index is -0.104. The summed E-state index contributed by atoms with van der Waals surface area (Å²) in [5.74, 6) is 0.315. The van der Waals surface area contributed by atoms with Crippen molar-refractivity contribution in [2.24, 2.45) is 0 Å². The van der Waals surface area contributed by atoms with Crippen LogP contribution in [0.3, 0.4) is 0 Å². The van der Waals surface area contributed by atoms with Crippen molar-refractivity contribution in [2.45, 2.75) is 12.5 Å². The molecule has 5 rings (SSSR count). The van der Waals surface area contributed by atoms with Gasteiger partial charge in [-0.1, -0.05) is 12.1 Å². The lowest BCUT2D eigenvalue weighted by Crippen LogP contribution is -2.48. The van der Waals surface area contributed by atoms with E-state index in [-0.39, 0.29) is 11.8 Å². The summed E-state index contributed by atoms with van der Waals surface area (Å²) in [5.41, 5.74) is 4.41. The maximum absolute atomic E-state index is 12.5. The summed E-state index contributed by atoms with van der Waals surface area (Å²) in [5, 5.41) is 6.76. The molecule has 30 heavy (non-hydrogen) atoms. The van der Waals surface area contributed by atoms with Gasteiger partial charge in [-0.3, -0.25) is 9.59 Å². The fourth-order valence-electron chi connectivity index (χ4n) is 3.68. The fourth-order valence-corrected chi connectivity index (χ4v) is 4.31. The molecule has 1 aliphatic rings. The highest BCUT2D eigenvalue weighted by Crippen LogP contribution is 2.29. The van der Waals surface area contributed by atoms with Crippen LogP contribution in [0.5, 0.6) is 0 Å². The Labute approximate surface area is 177 Å². The summed E-state index contributed by atoms with van der Waals surface area (Å²) in [6.45, 7) is 1.89. The van der Waals surface area contributed by atoms with Crippen molar-refractivity contribution in [2.75, 3.05) is 13.1 Å². The molecule has 7 heteroatoms. The van der Waals surface area contributed by atoms with Crippen LogP contribution in [-0.4, -0.2) is 39.2 Å². The molecule has 0 unspecified atom stereocenters. The number of fused-ring (bicyclic) bond motifs is 1. The van der Waals surface area contributed by atoms with Gasteiger partial charge in [-0.2, -0.15) is 11.3 Å². The van der Waals surface area contributed by atoms with Gasteiger partial charge in [0.2, 0.25) is 0 Å². The Morgan fingerprint density at radius 3 is 2.67 bits per heavy atom. The third-order valence-corrected chi connectivity index (χ3v) is 6.18. The molecular formula is C23H20N4O2S. The number of thiophene rings is 1. The topological polar surface area (TPSA) is 66.7 Å². The molecule has 4 heterocycles. The normalized spacial score (nSPS) is 13.9. The van der Waals surface area contributed by atoms with E-state index in [4.69, 9.17) is 0 Å². The number of benzene rings is 1. The summed E-state index contributed by atoms with van der Waals surface area (Å²) in [6.07, 6.45) is 5.57. The van der Waals surface area contributed by atoms with Crippen molar-refractivity contribution >= 4 is 28.8 Å². The van der Waals surface area contributed by atoms with Crippen molar-refractivity contribution in [3.05, 3.63) is 94.1 Å². The molecular weight excluding hydrogens is 396 g/mol. The fraction of sp³-hybridized carbons (Fsp3) is 0.174. The van der Waals surface area contributed by atoms with Gasteiger partial charge < -0.3 is 14.6 Å². The Balaban J connectivity index is 1.16. The highest BCUT2D eigenvalue weighted by Gasteiger charge is 2.32. The smallest absolute Gasteiger partial charge is 0.254 e. The molecule has 150 valence electrons. The van der Waals surface area contributed by atoms with Gasteiger partial charge in [0, 0.05) is 55.1 Å². The number of aromatic nitrogens is 2. The molecule has 1 N–H and O–H groups in total. The number of amides is 2. The summed E-state index contributed by atoms with van der Waals surface area (Å²) in [6, 6.07) is 13.5. The standard InChI is InChI=1S/C23H20N4O2S/c28-22(25-12-16-5-8-26-9-7-24-21(26)11-16)18-3-1-17(2-4-18)20-13-27(14-20)23(29)19-6-10-30-15-19/h1-11,15,20H,12-14H2,(H,25,28). The lowest BCUT2D eigenvalue weighted by Gasteiger charge is -2.39. The number of likely N-dealkylation sites (tertiary alicyclic amines) is 1. The number of imidazole rings is 1. The average Bonchev–Trinajstić information content (AvgIpc) is 3.43. The quantitative estimate of drug-likeness (QED) is 0.541. The number of pyridine rings is 1. The van der Waals surface area contributed by atoms with E-state index in [0.717, 1.165) is 35.4 Å². The zero-order chi connectivity index (χ0) is 20.5. The van der Waals surface area contributed by atoms with E-state index in [1.165, 1.54) is 11.3 Å². The molecule has 0 spiro atoms. The van der Waals surface area contributed by atoms with Crippen molar-refractivity contribution in [1.82, 2.24) is 19.6 Å². The number of nitrogens with one attached hydrogen (secondary N) is 1. The SMILES string of the molecule is O=C(NCc1ccn2ccnc2c1)c1ccc(C2CN(C(=O)c3ccsc3)C2)cc1. The predicted octanol–water partition coefficient (Wildman–Crippen LogP) is 3.57. The molecule has 1 aromatic carbocycles. The Morgan fingerprint density at radius 2 is 1.90 bits per heavy atom. The van der Waals surface area contributed by atoms with Crippen molar-refractivity contribution < 1.29 is 9.59 Å². The van der Waals surface area contributed by atoms with Gasteiger partial charge in [-0.05, 0) is 46.8 Å². The van der Waals surface area contributed by atoms with Crippen LogP contribution in [0.2, 0.25) is 0 Å². The van der Waals surface area contributed by atoms with Gasteiger partial charge in [0.15, 0.2) is 0 Å². The number of hydrogen-bond acceptors (Lipinski definition) is 4. The molecule has 1 saturated heterocycles. The second-order valence-corrected chi connectivity index (χ2v) is 8.23. The molecule has 0 bridgehead atoms.